The summed E-state index contributed by atoms with van der Waals surface area (Å²) < 4.78 is 13.5. The lowest BCUT2D eigenvalue weighted by Gasteiger charge is -2.09. The molecule has 0 saturated heterocycles. The maximum absolute atomic E-state index is 13.5. The zero-order chi connectivity index (χ0) is 10.7. The molecule has 1 atom stereocenters. The van der Waals surface area contributed by atoms with Gasteiger partial charge in [-0.1, -0.05) is 19.9 Å². The third-order valence-electron chi connectivity index (χ3n) is 1.84. The van der Waals surface area contributed by atoms with Gasteiger partial charge < -0.3 is 5.73 Å². The summed E-state index contributed by atoms with van der Waals surface area (Å²) in [6.45, 7) is 5.94. The van der Waals surface area contributed by atoms with Crippen LogP contribution >= 0.6 is 11.8 Å². The fourth-order valence-electron chi connectivity index (χ4n) is 1.15. The van der Waals surface area contributed by atoms with Crippen LogP contribution in [0.15, 0.2) is 23.1 Å². The van der Waals surface area contributed by atoms with E-state index in [1.165, 1.54) is 17.8 Å². The van der Waals surface area contributed by atoms with Crippen molar-refractivity contribution >= 4 is 11.8 Å². The summed E-state index contributed by atoms with van der Waals surface area (Å²) in [5.41, 5.74) is 6.50. The molecular formula is C11H16FNS. The molecule has 1 rings (SSSR count). The largest absolute Gasteiger partial charge is 0.324 e. The van der Waals surface area contributed by atoms with Gasteiger partial charge in [0.25, 0.3) is 0 Å². The molecule has 1 nitrogen and oxygen atoms in total. The highest BCUT2D eigenvalue weighted by molar-refractivity contribution is 7.99. The molecule has 0 fully saturated rings. The molecule has 0 radical (unpaired) electrons. The first-order valence-corrected chi connectivity index (χ1v) is 5.60. The van der Waals surface area contributed by atoms with Gasteiger partial charge >= 0.3 is 0 Å². The van der Waals surface area contributed by atoms with Crippen LogP contribution in [0.5, 0.6) is 0 Å². The summed E-state index contributed by atoms with van der Waals surface area (Å²) in [5.74, 6) is -0.168. The van der Waals surface area contributed by atoms with Crippen LogP contribution in [0.1, 0.15) is 32.4 Å². The summed E-state index contributed by atoms with van der Waals surface area (Å²) in [6.07, 6.45) is 0. The second kappa shape index (κ2) is 4.80. The van der Waals surface area contributed by atoms with Gasteiger partial charge in [-0.05, 0) is 24.6 Å². The molecule has 0 aliphatic rings. The standard InChI is InChI=1S/C11H16FNS/c1-7(2)14-11-5-4-9(8(3)13)6-10(11)12/h4-8H,13H2,1-3H3. The second-order valence-corrected chi connectivity index (χ2v) is 5.26. The predicted octanol–water partition coefficient (Wildman–Crippen LogP) is 3.35. The van der Waals surface area contributed by atoms with E-state index in [9.17, 15) is 4.39 Å². The van der Waals surface area contributed by atoms with Crippen LogP contribution in [0.3, 0.4) is 0 Å². The van der Waals surface area contributed by atoms with Crippen molar-refractivity contribution in [1.29, 1.82) is 0 Å². The Morgan fingerprint density at radius 1 is 1.29 bits per heavy atom. The highest BCUT2D eigenvalue weighted by atomic mass is 32.2. The Morgan fingerprint density at radius 3 is 2.36 bits per heavy atom. The van der Waals surface area contributed by atoms with E-state index in [0.717, 1.165) is 5.56 Å². The highest BCUT2D eigenvalue weighted by Crippen LogP contribution is 2.27. The van der Waals surface area contributed by atoms with Crippen molar-refractivity contribution < 1.29 is 4.39 Å². The summed E-state index contributed by atoms with van der Waals surface area (Å²) in [5, 5.41) is 0.394. The van der Waals surface area contributed by atoms with E-state index in [1.807, 2.05) is 26.8 Å². The fourth-order valence-corrected chi connectivity index (χ4v) is 1.98. The Labute approximate surface area is 88.9 Å². The lowest BCUT2D eigenvalue weighted by molar-refractivity contribution is 0.596. The molecule has 0 spiro atoms. The van der Waals surface area contributed by atoms with Crippen LogP contribution in [-0.4, -0.2) is 5.25 Å². The van der Waals surface area contributed by atoms with Crippen LogP contribution in [0.2, 0.25) is 0 Å². The molecule has 3 heteroatoms. The number of nitrogens with two attached hydrogens (primary N) is 1. The van der Waals surface area contributed by atoms with Gasteiger partial charge in [-0.15, -0.1) is 11.8 Å². The Balaban J connectivity index is 2.90. The van der Waals surface area contributed by atoms with Crippen LogP contribution in [-0.2, 0) is 0 Å². The molecule has 0 aliphatic heterocycles. The molecule has 0 heterocycles. The molecular weight excluding hydrogens is 197 g/mol. The normalized spacial score (nSPS) is 13.3. The number of benzene rings is 1. The molecule has 1 aromatic rings. The van der Waals surface area contributed by atoms with Crippen LogP contribution in [0.25, 0.3) is 0 Å². The summed E-state index contributed by atoms with van der Waals surface area (Å²) >= 11 is 1.53. The Hall–Kier alpha value is -0.540. The third kappa shape index (κ3) is 3.00. The molecule has 14 heavy (non-hydrogen) atoms. The zero-order valence-electron chi connectivity index (χ0n) is 8.75. The molecule has 1 aromatic carbocycles. The Morgan fingerprint density at radius 2 is 1.93 bits per heavy atom. The van der Waals surface area contributed by atoms with Crippen LogP contribution < -0.4 is 5.73 Å². The van der Waals surface area contributed by atoms with E-state index in [0.29, 0.717) is 10.1 Å². The minimum atomic E-state index is -0.168. The first kappa shape index (κ1) is 11.5. The van der Waals surface area contributed by atoms with E-state index in [1.54, 1.807) is 6.07 Å². The summed E-state index contributed by atoms with van der Waals surface area (Å²) in [7, 11) is 0. The second-order valence-electron chi connectivity index (χ2n) is 3.65. The number of rotatable bonds is 3. The van der Waals surface area contributed by atoms with Crippen molar-refractivity contribution in [3.05, 3.63) is 29.6 Å². The topological polar surface area (TPSA) is 26.0 Å². The SMILES string of the molecule is CC(C)Sc1ccc(C(C)N)cc1F. The lowest BCUT2D eigenvalue weighted by Crippen LogP contribution is -2.05. The van der Waals surface area contributed by atoms with Gasteiger partial charge in [0.2, 0.25) is 0 Å². The van der Waals surface area contributed by atoms with Crippen molar-refractivity contribution in [3.63, 3.8) is 0 Å². The number of halogens is 1. The van der Waals surface area contributed by atoms with E-state index in [2.05, 4.69) is 0 Å². The lowest BCUT2D eigenvalue weighted by atomic mass is 10.1. The average Bonchev–Trinajstić information content (AvgIpc) is 2.07. The van der Waals surface area contributed by atoms with Crippen molar-refractivity contribution in [3.8, 4) is 0 Å². The van der Waals surface area contributed by atoms with Crippen molar-refractivity contribution in [2.75, 3.05) is 0 Å². The van der Waals surface area contributed by atoms with Crippen molar-refractivity contribution in [1.82, 2.24) is 0 Å². The van der Waals surface area contributed by atoms with Crippen LogP contribution in [0.4, 0.5) is 4.39 Å². The van der Waals surface area contributed by atoms with E-state index < -0.39 is 0 Å². The smallest absolute Gasteiger partial charge is 0.137 e. The van der Waals surface area contributed by atoms with E-state index >= 15 is 0 Å². The van der Waals surface area contributed by atoms with Crippen molar-refractivity contribution in [2.24, 2.45) is 5.73 Å². The average molecular weight is 213 g/mol. The maximum atomic E-state index is 13.5. The van der Waals surface area contributed by atoms with E-state index in [-0.39, 0.29) is 11.9 Å². The molecule has 0 saturated carbocycles. The molecule has 0 aromatic heterocycles. The predicted molar refractivity (Wildman–Crippen MR) is 60.0 cm³/mol. The van der Waals surface area contributed by atoms with Gasteiger partial charge in [0.1, 0.15) is 5.82 Å². The van der Waals surface area contributed by atoms with Gasteiger partial charge in [0, 0.05) is 16.2 Å². The Kier molecular flexibility index (Phi) is 3.96. The number of hydrogen-bond acceptors (Lipinski definition) is 2. The van der Waals surface area contributed by atoms with Gasteiger partial charge in [0.15, 0.2) is 0 Å². The van der Waals surface area contributed by atoms with Gasteiger partial charge in [-0.25, -0.2) is 4.39 Å². The van der Waals surface area contributed by atoms with E-state index in [4.69, 9.17) is 5.73 Å². The minimum absolute atomic E-state index is 0.109. The Bertz CT molecular complexity index is 310. The number of thioether (sulfide) groups is 1. The van der Waals surface area contributed by atoms with Gasteiger partial charge in [-0.3, -0.25) is 0 Å². The molecule has 0 amide bonds. The summed E-state index contributed by atoms with van der Waals surface area (Å²) in [4.78, 5) is 0.699. The fraction of sp³-hybridized carbons (Fsp3) is 0.455. The minimum Gasteiger partial charge on any atom is -0.324 e. The van der Waals surface area contributed by atoms with Crippen molar-refractivity contribution in [2.45, 2.75) is 37.0 Å². The molecule has 1 unspecified atom stereocenters. The van der Waals surface area contributed by atoms with Crippen LogP contribution in [0, 0.1) is 5.82 Å². The number of hydrogen-bond donors (Lipinski definition) is 1. The summed E-state index contributed by atoms with van der Waals surface area (Å²) in [6, 6.07) is 5.11. The monoisotopic (exact) mass is 213 g/mol. The first-order valence-electron chi connectivity index (χ1n) is 4.72. The third-order valence-corrected chi connectivity index (χ3v) is 2.90. The molecule has 0 bridgehead atoms. The zero-order valence-corrected chi connectivity index (χ0v) is 9.57. The van der Waals surface area contributed by atoms with Gasteiger partial charge in [-0.2, -0.15) is 0 Å². The maximum Gasteiger partial charge on any atom is 0.137 e. The highest BCUT2D eigenvalue weighted by Gasteiger charge is 2.07. The molecule has 0 aliphatic carbocycles. The quantitative estimate of drug-likeness (QED) is 0.779. The molecule has 78 valence electrons. The van der Waals surface area contributed by atoms with Gasteiger partial charge in [0.05, 0.1) is 0 Å². The molecule has 2 N–H and O–H groups in total. The first-order chi connectivity index (χ1) is 6.50.